The van der Waals surface area contributed by atoms with Gasteiger partial charge < -0.3 is 5.11 Å². The van der Waals surface area contributed by atoms with Crippen LogP contribution in [0.2, 0.25) is 0 Å². The maximum absolute atomic E-state index is 14.0. The molecule has 1 unspecified atom stereocenters. The summed E-state index contributed by atoms with van der Waals surface area (Å²) < 4.78 is 2.44. The number of hydrogen-bond donors (Lipinski definition) is 1. The highest BCUT2D eigenvalue weighted by atomic mass is 32.1. The molecule has 2 saturated carbocycles. The van der Waals surface area contributed by atoms with Crippen molar-refractivity contribution in [3.8, 4) is 9.75 Å². The number of thiophene rings is 3. The van der Waals surface area contributed by atoms with Gasteiger partial charge in [-0.1, -0.05) is 87.1 Å². The molecule has 3 heterocycles. The van der Waals surface area contributed by atoms with E-state index in [0.29, 0.717) is 21.9 Å². The number of hydrogen-bond acceptors (Lipinski definition) is 9. The first kappa shape index (κ1) is 34.7. The molecule has 0 bridgehead atoms. The number of fused-ring (bicyclic) bond motifs is 14. The number of aliphatic hydroxyl groups excluding tert-OH is 1. The molecule has 5 aliphatic carbocycles. The molecule has 9 heteroatoms. The molecule has 8 aromatic rings. The maximum Gasteiger partial charge on any atom is 0.216 e. The highest BCUT2D eigenvalue weighted by Gasteiger charge is 2.55. The third kappa shape index (κ3) is 4.57. The molecule has 0 saturated heterocycles. The van der Waals surface area contributed by atoms with Crippen LogP contribution in [0.1, 0.15) is 108 Å². The van der Waals surface area contributed by atoms with Gasteiger partial charge in [-0.25, -0.2) is 9.98 Å². The minimum Gasteiger partial charge on any atom is -0.382 e. The normalized spacial score (nSPS) is 20.7. The minimum absolute atomic E-state index is 0.0569. The topological polar surface area (TPSA) is 96.2 Å². The smallest absolute Gasteiger partial charge is 0.216 e. The highest BCUT2D eigenvalue weighted by molar-refractivity contribution is 7.33. The van der Waals surface area contributed by atoms with E-state index in [1.54, 1.807) is 11.3 Å². The molecule has 3 aromatic heterocycles. The Morgan fingerprint density at radius 1 is 0.610 bits per heavy atom. The van der Waals surface area contributed by atoms with Gasteiger partial charge in [0.1, 0.15) is 16.8 Å². The zero-order chi connectivity index (χ0) is 39.4. The van der Waals surface area contributed by atoms with Crippen LogP contribution in [-0.4, -0.2) is 16.6 Å². The van der Waals surface area contributed by atoms with E-state index in [1.165, 1.54) is 53.6 Å². The fourth-order valence-corrected chi connectivity index (χ4v) is 15.9. The number of carbonyl (C=O) groups excluding carboxylic acids is 1. The summed E-state index contributed by atoms with van der Waals surface area (Å²) >= 11 is 5.38. The summed E-state index contributed by atoms with van der Waals surface area (Å²) in [6.45, 7) is 0. The Labute approximate surface area is 350 Å². The number of allylic oxidation sites excluding steroid dienone is 1. The van der Waals surface area contributed by atoms with Gasteiger partial charge in [-0.2, -0.15) is 0 Å². The van der Waals surface area contributed by atoms with E-state index in [-0.39, 0.29) is 38.5 Å². The number of ketones is 1. The second kappa shape index (κ2) is 12.2. The fourth-order valence-electron chi connectivity index (χ4n) is 11.7. The largest absolute Gasteiger partial charge is 0.382 e. The van der Waals surface area contributed by atoms with E-state index in [4.69, 9.17) is 9.98 Å². The zero-order valence-corrected chi connectivity index (χ0v) is 34.5. The zero-order valence-electron chi connectivity index (χ0n) is 32.0. The standard InChI is InChI=1S/C50H36N2O4S3/c53-42-29-19-25-11-3-4-12-26(25)20-30(29)43(54)40(42)51-35-23-33-37(49(35)15-7-1-8-16-49)38-47(57-33)48-39(50(38)17-9-2-10-18-50)46-34(58-48)24-36(59-46)52-41-44(55)31-21-27-13-5-6-14-28(27)22-32(31)45(41)56/h3-6,11-14,19-24,44,55H,1-2,7-10,15-18H2/b52-41-. The van der Waals surface area contributed by atoms with Crippen LogP contribution in [0.25, 0.3) is 57.5 Å². The van der Waals surface area contributed by atoms with E-state index < -0.39 is 6.10 Å². The van der Waals surface area contributed by atoms with Crippen LogP contribution in [0.5, 0.6) is 0 Å². The lowest BCUT2D eigenvalue weighted by Gasteiger charge is -2.41. The predicted octanol–water partition coefficient (Wildman–Crippen LogP) is 11.5. The van der Waals surface area contributed by atoms with Crippen molar-refractivity contribution >= 4 is 98.3 Å². The van der Waals surface area contributed by atoms with Crippen molar-refractivity contribution in [1.29, 1.82) is 0 Å². The van der Waals surface area contributed by atoms with E-state index in [0.717, 1.165) is 83.6 Å². The summed E-state index contributed by atoms with van der Waals surface area (Å²) in [5, 5.41) is 17.0. The Balaban J connectivity index is 0.951. The van der Waals surface area contributed by atoms with Crippen LogP contribution in [0.15, 0.2) is 104 Å². The number of aliphatic imine (C=N–C) groups is 1. The van der Waals surface area contributed by atoms with Crippen molar-refractivity contribution in [1.82, 2.24) is 0 Å². The molecule has 2 spiro atoms. The van der Waals surface area contributed by atoms with Gasteiger partial charge in [0, 0.05) is 47.2 Å². The van der Waals surface area contributed by atoms with Gasteiger partial charge in [0.15, 0.2) is 5.36 Å². The monoisotopic (exact) mass is 824 g/mol. The van der Waals surface area contributed by atoms with Crippen LogP contribution in [0.4, 0.5) is 5.00 Å². The van der Waals surface area contributed by atoms with Crippen LogP contribution in [-0.2, 0) is 10.8 Å². The summed E-state index contributed by atoms with van der Waals surface area (Å²) in [4.78, 5) is 55.9. The van der Waals surface area contributed by atoms with Gasteiger partial charge in [0.05, 0.1) is 15.3 Å². The number of aliphatic hydroxyl groups is 1. The Bertz CT molecular complexity index is 3380. The van der Waals surface area contributed by atoms with Crippen LogP contribution in [0, 0.1) is 0 Å². The fraction of sp³-hybridized carbons (Fsp3) is 0.260. The van der Waals surface area contributed by atoms with E-state index in [1.807, 2.05) is 95.5 Å². The Morgan fingerprint density at radius 2 is 1.20 bits per heavy atom. The quantitative estimate of drug-likeness (QED) is 0.188. The average Bonchev–Trinajstić information content (AvgIpc) is 4.10. The van der Waals surface area contributed by atoms with E-state index >= 15 is 0 Å². The molecule has 0 amide bonds. The van der Waals surface area contributed by atoms with Gasteiger partial charge in [-0.15, -0.1) is 34.0 Å². The van der Waals surface area contributed by atoms with Gasteiger partial charge in [-0.05, 0) is 100 Å². The Kier molecular flexibility index (Phi) is 7.16. The SMILES string of the molecule is O=C1/C(=N\c2cc3sc4c(c3s2)C2(CCCCC2)c2c-4sc3c2C2(CCCCC2)C(N=c2c(=O)c4cc5ccccc5cc4c2=O)=C3)C(O)c2cc3ccccc3cc21. The molecule has 0 radical (unpaired) electrons. The van der Waals surface area contributed by atoms with Crippen LogP contribution < -0.4 is 16.2 Å². The van der Waals surface area contributed by atoms with Gasteiger partial charge in [0.25, 0.3) is 0 Å². The lowest BCUT2D eigenvalue weighted by Crippen LogP contribution is -2.37. The first-order chi connectivity index (χ1) is 28.8. The molecule has 2 fully saturated rings. The van der Waals surface area contributed by atoms with Crippen molar-refractivity contribution in [2.24, 2.45) is 9.98 Å². The van der Waals surface area contributed by atoms with Crippen molar-refractivity contribution < 1.29 is 9.90 Å². The predicted molar refractivity (Wildman–Crippen MR) is 242 cm³/mol. The molecular weight excluding hydrogens is 789 g/mol. The summed E-state index contributed by atoms with van der Waals surface area (Å²) in [5.74, 6) is -0.204. The van der Waals surface area contributed by atoms with Crippen molar-refractivity contribution in [3.63, 3.8) is 0 Å². The molecule has 6 nitrogen and oxygen atoms in total. The van der Waals surface area contributed by atoms with Crippen LogP contribution >= 0.6 is 34.0 Å². The number of carbonyl (C=O) groups is 1. The summed E-state index contributed by atoms with van der Waals surface area (Å²) in [6.07, 6.45) is 12.1. The van der Waals surface area contributed by atoms with Gasteiger partial charge in [-0.3, -0.25) is 14.4 Å². The minimum atomic E-state index is -1.06. The molecule has 1 N–H and O–H groups in total. The van der Waals surface area contributed by atoms with E-state index in [2.05, 4.69) is 12.1 Å². The Hall–Kier alpha value is -5.19. The third-order valence-electron chi connectivity index (χ3n) is 14.3. The summed E-state index contributed by atoms with van der Waals surface area (Å²) in [7, 11) is 0. The van der Waals surface area contributed by atoms with Crippen molar-refractivity contribution in [3.05, 3.63) is 143 Å². The summed E-state index contributed by atoms with van der Waals surface area (Å²) in [6, 6.07) is 25.5. The molecule has 5 aliphatic rings. The van der Waals surface area contributed by atoms with Crippen molar-refractivity contribution in [2.75, 3.05) is 0 Å². The highest BCUT2D eigenvalue weighted by Crippen LogP contribution is 2.69. The lowest BCUT2D eigenvalue weighted by molar-refractivity contribution is 0.106. The number of Topliss-reactive ketones (excluding diaryl/α,β-unsaturated/α-hetero) is 1. The second-order valence-electron chi connectivity index (χ2n) is 17.3. The average molecular weight is 825 g/mol. The van der Waals surface area contributed by atoms with Crippen LogP contribution in [0.3, 0.4) is 0 Å². The van der Waals surface area contributed by atoms with Gasteiger partial charge >= 0.3 is 0 Å². The molecular formula is C50H36N2O4S3. The molecule has 5 aromatic carbocycles. The van der Waals surface area contributed by atoms with Crippen molar-refractivity contribution in [2.45, 2.75) is 81.1 Å². The van der Waals surface area contributed by atoms with Gasteiger partial charge in [0.2, 0.25) is 16.6 Å². The Morgan fingerprint density at radius 3 is 1.86 bits per heavy atom. The molecule has 0 aliphatic heterocycles. The first-order valence-electron chi connectivity index (χ1n) is 20.9. The molecule has 288 valence electrons. The number of benzene rings is 4. The summed E-state index contributed by atoms with van der Waals surface area (Å²) in [5.41, 5.74) is 5.56. The molecule has 1 atom stereocenters. The molecule has 59 heavy (non-hydrogen) atoms. The lowest BCUT2D eigenvalue weighted by atomic mass is 9.62. The number of rotatable bonds is 2. The van der Waals surface area contributed by atoms with E-state index in [9.17, 15) is 19.5 Å². The molecule has 13 rings (SSSR count). The second-order valence-corrected chi connectivity index (χ2v) is 20.5. The maximum atomic E-state index is 14.0. The third-order valence-corrected chi connectivity index (χ3v) is 17.9. The number of nitrogens with zero attached hydrogens (tertiary/aromatic N) is 2. The first-order valence-corrected chi connectivity index (χ1v) is 23.3.